The summed E-state index contributed by atoms with van der Waals surface area (Å²) in [6, 6.07) is 8.74. The van der Waals surface area contributed by atoms with Crippen molar-refractivity contribution < 1.29 is 22.8 Å². The first-order valence-electron chi connectivity index (χ1n) is 9.37. The number of benzene rings is 1. The number of alkyl halides is 3. The Morgan fingerprint density at radius 3 is 2.70 bits per heavy atom. The van der Waals surface area contributed by atoms with Gasteiger partial charge in [-0.25, -0.2) is 10.4 Å². The number of amides is 2. The van der Waals surface area contributed by atoms with Crippen molar-refractivity contribution in [1.29, 1.82) is 0 Å². The molecule has 0 aliphatic rings. The van der Waals surface area contributed by atoms with Crippen molar-refractivity contribution in [1.82, 2.24) is 10.4 Å². The van der Waals surface area contributed by atoms with E-state index in [1.54, 1.807) is 6.92 Å². The quantitative estimate of drug-likeness (QED) is 0.233. The van der Waals surface area contributed by atoms with Crippen LogP contribution >= 0.6 is 34.7 Å². The first-order chi connectivity index (χ1) is 15.7. The van der Waals surface area contributed by atoms with Crippen LogP contribution in [0.25, 0.3) is 0 Å². The maximum atomic E-state index is 13.0. The molecule has 0 unspecified atom stereocenters. The fourth-order valence-electron chi connectivity index (χ4n) is 2.61. The molecule has 0 spiro atoms. The highest BCUT2D eigenvalue weighted by atomic mass is 35.5. The number of thioether (sulfide) groups is 1. The van der Waals surface area contributed by atoms with Gasteiger partial charge in [0.2, 0.25) is 0 Å². The van der Waals surface area contributed by atoms with Gasteiger partial charge in [0.1, 0.15) is 5.69 Å². The van der Waals surface area contributed by atoms with Crippen LogP contribution in [0.1, 0.15) is 38.2 Å². The van der Waals surface area contributed by atoms with Crippen molar-refractivity contribution in [2.45, 2.75) is 18.0 Å². The molecule has 0 saturated carbocycles. The van der Waals surface area contributed by atoms with Crippen molar-refractivity contribution in [3.8, 4) is 0 Å². The summed E-state index contributed by atoms with van der Waals surface area (Å²) in [6.45, 7) is 1.74. The Hall–Kier alpha value is -2.89. The molecule has 0 radical (unpaired) electrons. The number of anilines is 1. The Morgan fingerprint density at radius 1 is 1.24 bits per heavy atom. The second-order valence-corrected chi connectivity index (χ2v) is 9.08. The molecule has 12 heteroatoms. The van der Waals surface area contributed by atoms with Crippen LogP contribution in [-0.4, -0.2) is 28.8 Å². The van der Waals surface area contributed by atoms with Gasteiger partial charge < -0.3 is 5.32 Å². The number of nitrogens with zero attached hydrogens (tertiary/aromatic N) is 2. The van der Waals surface area contributed by atoms with E-state index in [0.717, 1.165) is 22.7 Å². The van der Waals surface area contributed by atoms with Crippen LogP contribution in [-0.2, 0) is 6.18 Å². The van der Waals surface area contributed by atoms with E-state index in [1.807, 2.05) is 17.5 Å². The highest BCUT2D eigenvalue weighted by Gasteiger charge is 2.32. The third kappa shape index (κ3) is 6.56. The lowest BCUT2D eigenvalue weighted by molar-refractivity contribution is -0.138. The highest BCUT2D eigenvalue weighted by molar-refractivity contribution is 7.99. The Bertz CT molecular complexity index is 1180. The van der Waals surface area contributed by atoms with Gasteiger partial charge in [-0.2, -0.15) is 18.3 Å². The van der Waals surface area contributed by atoms with Gasteiger partial charge in [-0.05, 0) is 41.5 Å². The summed E-state index contributed by atoms with van der Waals surface area (Å²) in [6.07, 6.45) is -2.52. The summed E-state index contributed by atoms with van der Waals surface area (Å²) in [4.78, 5) is 30.1. The minimum absolute atomic E-state index is 0.0239. The zero-order valence-corrected chi connectivity index (χ0v) is 19.3. The van der Waals surface area contributed by atoms with Gasteiger partial charge in [-0.3, -0.25) is 9.59 Å². The summed E-state index contributed by atoms with van der Waals surface area (Å²) < 4.78 is 39.1. The lowest BCUT2D eigenvalue weighted by Crippen LogP contribution is -2.22. The van der Waals surface area contributed by atoms with Crippen LogP contribution in [0.5, 0.6) is 0 Å². The molecule has 0 aliphatic carbocycles. The Kier molecular flexibility index (Phi) is 8.11. The lowest BCUT2D eigenvalue weighted by Gasteiger charge is -2.14. The minimum atomic E-state index is -4.59. The summed E-state index contributed by atoms with van der Waals surface area (Å²) in [5, 5.41) is 8.51. The second kappa shape index (κ2) is 10.8. The van der Waals surface area contributed by atoms with E-state index in [9.17, 15) is 22.8 Å². The largest absolute Gasteiger partial charge is 0.417 e. The van der Waals surface area contributed by atoms with Gasteiger partial charge in [-0.1, -0.05) is 24.6 Å². The van der Waals surface area contributed by atoms with Crippen molar-refractivity contribution in [2.75, 3.05) is 11.1 Å². The topological polar surface area (TPSA) is 83.5 Å². The molecule has 0 aliphatic heterocycles. The third-order valence-electron chi connectivity index (χ3n) is 4.07. The van der Waals surface area contributed by atoms with Gasteiger partial charge >= 0.3 is 6.18 Å². The number of aromatic nitrogens is 1. The summed E-state index contributed by atoms with van der Waals surface area (Å²) in [5.74, 6) is -0.970. The van der Waals surface area contributed by atoms with E-state index in [1.165, 1.54) is 35.8 Å². The van der Waals surface area contributed by atoms with Crippen molar-refractivity contribution in [3.05, 3.63) is 74.7 Å². The first kappa shape index (κ1) is 24.7. The molecule has 3 rings (SSSR count). The molecule has 0 saturated heterocycles. The number of carbonyl (C=O) groups excluding carboxylic acids is 2. The number of hydrogen-bond donors (Lipinski definition) is 2. The van der Waals surface area contributed by atoms with E-state index < -0.39 is 23.6 Å². The standard InChI is InChI=1S/C21H16ClF3N4O2S2/c1-2-32-17-8-12(21(23,24)25)10-26-18(17)20(31)28-16-6-5-13(22)9-15(16)19(30)29-27-11-14-4-3-7-33-14/h3-11H,2H2,1H3,(H,28,31)(H,29,30). The third-order valence-corrected chi connectivity index (χ3v) is 6.02. The molecule has 6 nitrogen and oxygen atoms in total. The van der Waals surface area contributed by atoms with E-state index >= 15 is 0 Å². The molecular weight excluding hydrogens is 497 g/mol. The molecule has 2 aromatic heterocycles. The fourth-order valence-corrected chi connectivity index (χ4v) is 4.17. The van der Waals surface area contributed by atoms with Crippen molar-refractivity contribution in [3.63, 3.8) is 0 Å². The number of thiophene rings is 1. The van der Waals surface area contributed by atoms with Gasteiger partial charge in [0, 0.05) is 21.0 Å². The Morgan fingerprint density at radius 2 is 2.03 bits per heavy atom. The molecule has 172 valence electrons. The number of hydrogen-bond acceptors (Lipinski definition) is 6. The fraction of sp³-hybridized carbons (Fsp3) is 0.143. The first-order valence-corrected chi connectivity index (χ1v) is 11.6. The van der Waals surface area contributed by atoms with Gasteiger partial charge in [-0.15, -0.1) is 23.1 Å². The molecular formula is C21H16ClF3N4O2S2. The lowest BCUT2D eigenvalue weighted by atomic mass is 10.1. The number of rotatable bonds is 7. The monoisotopic (exact) mass is 512 g/mol. The van der Waals surface area contributed by atoms with E-state index in [2.05, 4.69) is 20.8 Å². The van der Waals surface area contributed by atoms with Crippen LogP contribution in [0.4, 0.5) is 18.9 Å². The molecule has 0 fully saturated rings. The average molecular weight is 513 g/mol. The predicted molar refractivity (Wildman–Crippen MR) is 124 cm³/mol. The number of carbonyl (C=O) groups is 2. The molecule has 0 bridgehead atoms. The van der Waals surface area contributed by atoms with Crippen LogP contribution in [0.3, 0.4) is 0 Å². The van der Waals surface area contributed by atoms with Crippen LogP contribution in [0.15, 0.2) is 58.0 Å². The zero-order valence-electron chi connectivity index (χ0n) is 16.9. The van der Waals surface area contributed by atoms with E-state index in [-0.39, 0.29) is 26.9 Å². The number of halogens is 4. The average Bonchev–Trinajstić information content (AvgIpc) is 3.28. The Balaban J connectivity index is 1.84. The minimum Gasteiger partial charge on any atom is -0.320 e. The van der Waals surface area contributed by atoms with Crippen LogP contribution in [0.2, 0.25) is 5.02 Å². The molecule has 2 heterocycles. The summed E-state index contributed by atoms with van der Waals surface area (Å²) in [7, 11) is 0. The van der Waals surface area contributed by atoms with Crippen molar-refractivity contribution in [2.24, 2.45) is 5.10 Å². The molecule has 33 heavy (non-hydrogen) atoms. The molecule has 3 aromatic rings. The summed E-state index contributed by atoms with van der Waals surface area (Å²) >= 11 is 8.49. The van der Waals surface area contributed by atoms with Gasteiger partial charge in [0.25, 0.3) is 11.8 Å². The zero-order chi connectivity index (χ0) is 24.0. The predicted octanol–water partition coefficient (Wildman–Crippen LogP) is 5.94. The SMILES string of the molecule is CCSc1cc(C(F)(F)F)cnc1C(=O)Nc1ccc(Cl)cc1C(=O)NN=Cc1cccs1. The smallest absolute Gasteiger partial charge is 0.320 e. The van der Waals surface area contributed by atoms with Crippen molar-refractivity contribution >= 4 is 58.4 Å². The normalized spacial score (nSPS) is 11.5. The van der Waals surface area contributed by atoms with E-state index in [4.69, 9.17) is 11.6 Å². The summed E-state index contributed by atoms with van der Waals surface area (Å²) in [5.41, 5.74) is 1.34. The second-order valence-electron chi connectivity index (χ2n) is 6.36. The Labute approximate surface area is 200 Å². The maximum absolute atomic E-state index is 13.0. The number of hydrazone groups is 1. The number of pyridine rings is 1. The number of nitrogens with one attached hydrogen (secondary N) is 2. The van der Waals surface area contributed by atoms with Crippen LogP contribution < -0.4 is 10.7 Å². The highest BCUT2D eigenvalue weighted by Crippen LogP contribution is 2.33. The molecule has 2 amide bonds. The van der Waals surface area contributed by atoms with Gasteiger partial charge in [0.15, 0.2) is 0 Å². The molecule has 0 atom stereocenters. The molecule has 1 aromatic carbocycles. The maximum Gasteiger partial charge on any atom is 0.417 e. The van der Waals surface area contributed by atoms with Gasteiger partial charge in [0.05, 0.1) is 23.0 Å². The molecule has 2 N–H and O–H groups in total. The van der Waals surface area contributed by atoms with Crippen LogP contribution in [0, 0.1) is 0 Å². The van der Waals surface area contributed by atoms with E-state index in [0.29, 0.717) is 11.9 Å².